The van der Waals surface area contributed by atoms with Crippen LogP contribution in [0.3, 0.4) is 0 Å². The number of hydrogen-bond donors (Lipinski definition) is 1. The lowest BCUT2D eigenvalue weighted by molar-refractivity contribution is -0.116. The lowest BCUT2D eigenvalue weighted by atomic mass is 10.0. The summed E-state index contributed by atoms with van der Waals surface area (Å²) in [6.07, 6.45) is 8.15. The van der Waals surface area contributed by atoms with E-state index in [0.717, 1.165) is 12.3 Å². The van der Waals surface area contributed by atoms with Crippen molar-refractivity contribution in [2.75, 3.05) is 5.32 Å². The Bertz CT molecular complexity index is 441. The molecule has 4 heteroatoms. The molecule has 4 nitrogen and oxygen atoms in total. The molecule has 0 saturated heterocycles. The minimum atomic E-state index is 0.0131. The predicted octanol–water partition coefficient (Wildman–Crippen LogP) is 2.86. The van der Waals surface area contributed by atoms with E-state index in [4.69, 9.17) is 5.26 Å². The first-order chi connectivity index (χ1) is 8.78. The van der Waals surface area contributed by atoms with Crippen molar-refractivity contribution in [1.82, 2.24) is 4.98 Å². The predicted molar refractivity (Wildman–Crippen MR) is 68.8 cm³/mol. The second kappa shape index (κ2) is 6.15. The highest BCUT2D eigenvalue weighted by atomic mass is 16.1. The zero-order valence-corrected chi connectivity index (χ0v) is 10.4. The molecule has 1 amide bonds. The molecule has 1 saturated carbocycles. The van der Waals surface area contributed by atoms with Gasteiger partial charge in [0.05, 0.1) is 5.56 Å². The average molecular weight is 243 g/mol. The number of pyridine rings is 1. The molecular formula is C14H17N3O. The van der Waals surface area contributed by atoms with Crippen LogP contribution in [-0.4, -0.2) is 10.9 Å². The summed E-state index contributed by atoms with van der Waals surface area (Å²) >= 11 is 0. The van der Waals surface area contributed by atoms with Gasteiger partial charge in [0.2, 0.25) is 5.91 Å². The van der Waals surface area contributed by atoms with Gasteiger partial charge in [-0.25, -0.2) is 4.98 Å². The van der Waals surface area contributed by atoms with Gasteiger partial charge >= 0.3 is 0 Å². The SMILES string of the molecule is N#Cc1ccc(NC(=O)CCC2CCCC2)nc1. The maximum Gasteiger partial charge on any atom is 0.225 e. The molecule has 1 aromatic heterocycles. The lowest BCUT2D eigenvalue weighted by Gasteiger charge is -2.08. The molecular weight excluding hydrogens is 226 g/mol. The minimum Gasteiger partial charge on any atom is -0.311 e. The second-order valence-electron chi connectivity index (χ2n) is 4.78. The van der Waals surface area contributed by atoms with E-state index in [0.29, 0.717) is 17.8 Å². The number of nitriles is 1. The van der Waals surface area contributed by atoms with Crippen LogP contribution in [0.5, 0.6) is 0 Å². The highest BCUT2D eigenvalue weighted by Gasteiger charge is 2.16. The van der Waals surface area contributed by atoms with E-state index in [1.54, 1.807) is 12.1 Å². The van der Waals surface area contributed by atoms with E-state index in [1.165, 1.54) is 31.9 Å². The molecule has 1 heterocycles. The molecule has 1 aliphatic carbocycles. The number of anilines is 1. The van der Waals surface area contributed by atoms with Crippen molar-refractivity contribution < 1.29 is 4.79 Å². The van der Waals surface area contributed by atoms with Crippen molar-refractivity contribution in [2.24, 2.45) is 5.92 Å². The van der Waals surface area contributed by atoms with E-state index >= 15 is 0 Å². The van der Waals surface area contributed by atoms with Gasteiger partial charge in [-0.2, -0.15) is 5.26 Å². The number of carbonyl (C=O) groups excluding carboxylic acids is 1. The Morgan fingerprint density at radius 3 is 2.83 bits per heavy atom. The molecule has 0 bridgehead atoms. The van der Waals surface area contributed by atoms with Gasteiger partial charge in [-0.1, -0.05) is 25.7 Å². The quantitative estimate of drug-likeness (QED) is 0.884. The first kappa shape index (κ1) is 12.6. The second-order valence-corrected chi connectivity index (χ2v) is 4.78. The van der Waals surface area contributed by atoms with Crippen LogP contribution in [-0.2, 0) is 4.79 Å². The van der Waals surface area contributed by atoms with Gasteiger partial charge in [0.25, 0.3) is 0 Å². The van der Waals surface area contributed by atoms with E-state index in [-0.39, 0.29) is 5.91 Å². The van der Waals surface area contributed by atoms with Gasteiger partial charge in [0, 0.05) is 12.6 Å². The molecule has 0 atom stereocenters. The molecule has 0 unspecified atom stereocenters. The molecule has 0 radical (unpaired) electrons. The van der Waals surface area contributed by atoms with Crippen molar-refractivity contribution >= 4 is 11.7 Å². The number of amides is 1. The van der Waals surface area contributed by atoms with Crippen molar-refractivity contribution in [1.29, 1.82) is 5.26 Å². The summed E-state index contributed by atoms with van der Waals surface area (Å²) < 4.78 is 0. The van der Waals surface area contributed by atoms with E-state index in [1.807, 2.05) is 6.07 Å². The Balaban J connectivity index is 1.77. The minimum absolute atomic E-state index is 0.0131. The molecule has 1 aliphatic rings. The van der Waals surface area contributed by atoms with Crippen LogP contribution in [0.1, 0.15) is 44.1 Å². The normalized spacial score (nSPS) is 15.3. The summed E-state index contributed by atoms with van der Waals surface area (Å²) in [5, 5.41) is 11.4. The van der Waals surface area contributed by atoms with E-state index < -0.39 is 0 Å². The van der Waals surface area contributed by atoms with Crippen molar-refractivity contribution in [3.8, 4) is 6.07 Å². The summed E-state index contributed by atoms with van der Waals surface area (Å²) in [6.45, 7) is 0. The molecule has 1 N–H and O–H groups in total. The lowest BCUT2D eigenvalue weighted by Crippen LogP contribution is -2.13. The Morgan fingerprint density at radius 2 is 2.22 bits per heavy atom. The molecule has 0 spiro atoms. The number of rotatable bonds is 4. The molecule has 1 fully saturated rings. The van der Waals surface area contributed by atoms with Crippen LogP contribution in [0.2, 0.25) is 0 Å². The first-order valence-electron chi connectivity index (χ1n) is 6.44. The standard InChI is InChI=1S/C14H17N3O/c15-9-12-5-7-13(16-10-12)17-14(18)8-6-11-3-1-2-4-11/h5,7,10-11H,1-4,6,8H2,(H,16,17,18). The Morgan fingerprint density at radius 1 is 1.44 bits per heavy atom. The van der Waals surface area contributed by atoms with E-state index in [9.17, 15) is 4.79 Å². The van der Waals surface area contributed by atoms with Gasteiger partial charge in [0.1, 0.15) is 11.9 Å². The number of aromatic nitrogens is 1. The fourth-order valence-corrected chi connectivity index (χ4v) is 2.37. The fraction of sp³-hybridized carbons (Fsp3) is 0.500. The largest absolute Gasteiger partial charge is 0.311 e. The third kappa shape index (κ3) is 3.56. The first-order valence-corrected chi connectivity index (χ1v) is 6.44. The number of carbonyl (C=O) groups is 1. The van der Waals surface area contributed by atoms with Gasteiger partial charge in [-0.15, -0.1) is 0 Å². The molecule has 94 valence electrons. The van der Waals surface area contributed by atoms with Crippen LogP contribution < -0.4 is 5.32 Å². The van der Waals surface area contributed by atoms with Gasteiger partial charge in [0.15, 0.2) is 0 Å². The molecule has 2 rings (SSSR count). The third-order valence-electron chi connectivity index (χ3n) is 3.41. The highest BCUT2D eigenvalue weighted by molar-refractivity contribution is 5.89. The maximum atomic E-state index is 11.7. The van der Waals surface area contributed by atoms with Crippen LogP contribution in [0.25, 0.3) is 0 Å². The van der Waals surface area contributed by atoms with E-state index in [2.05, 4.69) is 10.3 Å². The summed E-state index contributed by atoms with van der Waals surface area (Å²) in [4.78, 5) is 15.7. The molecule has 18 heavy (non-hydrogen) atoms. The van der Waals surface area contributed by atoms with Crippen LogP contribution >= 0.6 is 0 Å². The van der Waals surface area contributed by atoms with Gasteiger partial charge < -0.3 is 5.32 Å². The fourth-order valence-electron chi connectivity index (χ4n) is 2.37. The van der Waals surface area contributed by atoms with Crippen molar-refractivity contribution in [3.63, 3.8) is 0 Å². The smallest absolute Gasteiger partial charge is 0.225 e. The number of nitrogens with zero attached hydrogens (tertiary/aromatic N) is 2. The average Bonchev–Trinajstić information content (AvgIpc) is 2.90. The van der Waals surface area contributed by atoms with Crippen LogP contribution in [0, 0.1) is 17.2 Å². The zero-order valence-electron chi connectivity index (χ0n) is 10.4. The molecule has 0 aliphatic heterocycles. The van der Waals surface area contributed by atoms with Gasteiger partial charge in [-0.05, 0) is 24.5 Å². The van der Waals surface area contributed by atoms with Crippen molar-refractivity contribution in [2.45, 2.75) is 38.5 Å². The summed E-state index contributed by atoms with van der Waals surface area (Å²) in [6, 6.07) is 5.31. The monoisotopic (exact) mass is 243 g/mol. The Hall–Kier alpha value is -1.89. The van der Waals surface area contributed by atoms with Crippen LogP contribution in [0.4, 0.5) is 5.82 Å². The number of hydrogen-bond acceptors (Lipinski definition) is 3. The number of nitrogens with one attached hydrogen (secondary N) is 1. The Kier molecular flexibility index (Phi) is 4.30. The van der Waals surface area contributed by atoms with Crippen LogP contribution in [0.15, 0.2) is 18.3 Å². The topological polar surface area (TPSA) is 65.8 Å². The Labute approximate surface area is 107 Å². The molecule has 0 aromatic carbocycles. The highest BCUT2D eigenvalue weighted by Crippen LogP contribution is 2.28. The summed E-state index contributed by atoms with van der Waals surface area (Å²) in [7, 11) is 0. The molecule has 1 aromatic rings. The summed E-state index contributed by atoms with van der Waals surface area (Å²) in [5.74, 6) is 1.26. The summed E-state index contributed by atoms with van der Waals surface area (Å²) in [5.41, 5.74) is 0.499. The maximum absolute atomic E-state index is 11.7. The van der Waals surface area contributed by atoms with Gasteiger partial charge in [-0.3, -0.25) is 4.79 Å². The van der Waals surface area contributed by atoms with Crippen molar-refractivity contribution in [3.05, 3.63) is 23.9 Å². The zero-order chi connectivity index (χ0) is 12.8. The third-order valence-corrected chi connectivity index (χ3v) is 3.41.